The Labute approximate surface area is 226 Å². The number of hydrogen-bond acceptors (Lipinski definition) is 6. The zero-order valence-electron chi connectivity index (χ0n) is 22.9. The average Bonchev–Trinajstić information content (AvgIpc) is 3.40. The van der Waals surface area contributed by atoms with E-state index in [4.69, 9.17) is 9.47 Å². The number of anilines is 1. The number of carbonyl (C=O) groups excluding carboxylic acids is 2. The molecule has 0 bridgehead atoms. The molecule has 1 fully saturated rings. The van der Waals surface area contributed by atoms with E-state index in [1.165, 1.54) is 25.2 Å². The van der Waals surface area contributed by atoms with E-state index in [0.717, 1.165) is 47.4 Å². The molecule has 1 aliphatic carbocycles. The predicted octanol–water partition coefficient (Wildman–Crippen LogP) is 3.64. The first kappa shape index (κ1) is 29.3. The zero-order chi connectivity index (χ0) is 27.9. The fourth-order valence-electron chi connectivity index (χ4n) is 4.76. The molecule has 1 aliphatic rings. The highest BCUT2D eigenvalue weighted by molar-refractivity contribution is 7.92. The summed E-state index contributed by atoms with van der Waals surface area (Å²) in [6.45, 7) is 3.50. The van der Waals surface area contributed by atoms with Gasteiger partial charge >= 0.3 is 0 Å². The summed E-state index contributed by atoms with van der Waals surface area (Å²) in [4.78, 5) is 28.8. The van der Waals surface area contributed by atoms with Crippen molar-refractivity contribution in [1.82, 2.24) is 10.2 Å². The van der Waals surface area contributed by atoms with Crippen molar-refractivity contribution in [3.63, 3.8) is 0 Å². The number of methoxy groups -OCH3 is 2. The number of hydrogen-bond donors (Lipinski definition) is 1. The minimum atomic E-state index is -3.90. The van der Waals surface area contributed by atoms with Gasteiger partial charge in [-0.15, -0.1) is 0 Å². The van der Waals surface area contributed by atoms with Gasteiger partial charge < -0.3 is 19.7 Å². The van der Waals surface area contributed by atoms with Crippen LogP contribution in [0.5, 0.6) is 11.5 Å². The second-order valence-electron chi connectivity index (χ2n) is 9.73. The number of ether oxygens (including phenoxy) is 2. The first-order valence-electron chi connectivity index (χ1n) is 12.9. The molecule has 2 aromatic rings. The lowest BCUT2D eigenvalue weighted by atomic mass is 10.1. The molecule has 208 valence electrons. The van der Waals surface area contributed by atoms with Crippen LogP contribution in [0.1, 0.15) is 50.2 Å². The zero-order valence-corrected chi connectivity index (χ0v) is 23.7. The molecule has 0 unspecified atom stereocenters. The Morgan fingerprint density at radius 2 is 1.71 bits per heavy atom. The maximum absolute atomic E-state index is 13.9. The third-order valence-electron chi connectivity index (χ3n) is 6.89. The predicted molar refractivity (Wildman–Crippen MR) is 148 cm³/mol. The number of rotatable bonds is 12. The molecule has 2 amide bonds. The number of benzene rings is 2. The molecule has 0 radical (unpaired) electrons. The SMILES string of the molecule is CC[C@@H](C(=O)NC1CCCC1)N(Cc1ccc(C)cc1)C(=O)CN(c1cc(OC)ccc1OC)S(C)(=O)=O. The Balaban J connectivity index is 1.97. The van der Waals surface area contributed by atoms with Crippen LogP contribution < -0.4 is 19.1 Å². The molecule has 1 atom stereocenters. The molecule has 9 nitrogen and oxygen atoms in total. The number of sulfonamides is 1. The van der Waals surface area contributed by atoms with Crippen molar-refractivity contribution < 1.29 is 27.5 Å². The quantitative estimate of drug-likeness (QED) is 0.437. The van der Waals surface area contributed by atoms with Gasteiger partial charge in [0.1, 0.15) is 24.1 Å². The summed E-state index contributed by atoms with van der Waals surface area (Å²) < 4.78 is 37.6. The second kappa shape index (κ2) is 13.0. The minimum Gasteiger partial charge on any atom is -0.497 e. The van der Waals surface area contributed by atoms with Gasteiger partial charge in [-0.25, -0.2) is 8.42 Å². The lowest BCUT2D eigenvalue weighted by Gasteiger charge is -2.33. The van der Waals surface area contributed by atoms with Crippen LogP contribution in [0.3, 0.4) is 0 Å². The largest absolute Gasteiger partial charge is 0.497 e. The molecule has 0 aromatic heterocycles. The van der Waals surface area contributed by atoms with Crippen molar-refractivity contribution in [2.75, 3.05) is 31.3 Å². The van der Waals surface area contributed by atoms with Crippen LogP contribution in [0.25, 0.3) is 0 Å². The van der Waals surface area contributed by atoms with E-state index >= 15 is 0 Å². The minimum absolute atomic E-state index is 0.0986. The highest BCUT2D eigenvalue weighted by atomic mass is 32.2. The summed E-state index contributed by atoms with van der Waals surface area (Å²) in [5, 5.41) is 3.11. The molecular formula is C28H39N3O6S. The third kappa shape index (κ3) is 7.40. The Hall–Kier alpha value is -3.27. The Morgan fingerprint density at radius 3 is 2.26 bits per heavy atom. The van der Waals surface area contributed by atoms with Crippen molar-refractivity contribution in [1.29, 1.82) is 0 Å². The van der Waals surface area contributed by atoms with E-state index in [9.17, 15) is 18.0 Å². The lowest BCUT2D eigenvalue weighted by molar-refractivity contribution is -0.140. The maximum atomic E-state index is 13.9. The smallest absolute Gasteiger partial charge is 0.244 e. The number of carbonyl (C=O) groups is 2. The number of aryl methyl sites for hydroxylation is 1. The van der Waals surface area contributed by atoms with Crippen molar-refractivity contribution in [3.8, 4) is 11.5 Å². The lowest BCUT2D eigenvalue weighted by Crippen LogP contribution is -2.53. The van der Waals surface area contributed by atoms with Gasteiger partial charge in [-0.3, -0.25) is 13.9 Å². The molecule has 0 saturated heterocycles. The van der Waals surface area contributed by atoms with E-state index < -0.39 is 28.5 Å². The Kier molecular flexibility index (Phi) is 10.0. The summed E-state index contributed by atoms with van der Waals surface area (Å²) in [7, 11) is -1.00. The monoisotopic (exact) mass is 545 g/mol. The van der Waals surface area contributed by atoms with Crippen molar-refractivity contribution in [2.45, 2.75) is 64.6 Å². The molecule has 0 aliphatic heterocycles. The molecular weight excluding hydrogens is 506 g/mol. The standard InChI is InChI=1S/C28H39N3O6S/c1-6-24(28(33)29-22-9-7-8-10-22)30(18-21-13-11-20(2)12-14-21)27(32)19-31(38(5,34)35)25-17-23(36-3)15-16-26(25)37-4/h11-17,22,24H,6-10,18-19H2,1-5H3,(H,29,33)/t24-/m0/s1. The van der Waals surface area contributed by atoms with Gasteiger partial charge in [0.2, 0.25) is 21.8 Å². The fraction of sp³-hybridized carbons (Fsp3) is 0.500. The topological polar surface area (TPSA) is 105 Å². The number of nitrogens with one attached hydrogen (secondary N) is 1. The molecule has 38 heavy (non-hydrogen) atoms. The normalized spacial score (nSPS) is 14.6. The summed E-state index contributed by atoms with van der Waals surface area (Å²) in [5.74, 6) is -0.0139. The summed E-state index contributed by atoms with van der Waals surface area (Å²) in [6, 6.07) is 11.8. The van der Waals surface area contributed by atoms with Gasteiger partial charge in [0.25, 0.3) is 0 Å². The first-order chi connectivity index (χ1) is 18.1. The summed E-state index contributed by atoms with van der Waals surface area (Å²) >= 11 is 0. The summed E-state index contributed by atoms with van der Waals surface area (Å²) in [5.41, 5.74) is 2.10. The maximum Gasteiger partial charge on any atom is 0.244 e. The number of nitrogens with zero attached hydrogens (tertiary/aromatic N) is 2. The number of amides is 2. The van der Waals surface area contributed by atoms with E-state index in [2.05, 4.69) is 5.32 Å². The van der Waals surface area contributed by atoms with E-state index in [-0.39, 0.29) is 29.9 Å². The van der Waals surface area contributed by atoms with Crippen LogP contribution in [-0.4, -0.2) is 64.2 Å². The van der Waals surface area contributed by atoms with Crippen LogP contribution >= 0.6 is 0 Å². The molecule has 0 spiro atoms. The van der Waals surface area contributed by atoms with Crippen LogP contribution in [0.2, 0.25) is 0 Å². The molecule has 1 saturated carbocycles. The van der Waals surface area contributed by atoms with Crippen LogP contribution in [0, 0.1) is 6.92 Å². The molecule has 0 heterocycles. The van der Waals surface area contributed by atoms with Crippen LogP contribution in [-0.2, 0) is 26.2 Å². The highest BCUT2D eigenvalue weighted by Gasteiger charge is 2.33. The van der Waals surface area contributed by atoms with Gasteiger partial charge in [0.15, 0.2) is 0 Å². The van der Waals surface area contributed by atoms with Gasteiger partial charge in [-0.05, 0) is 43.9 Å². The molecule has 3 rings (SSSR count). The van der Waals surface area contributed by atoms with Crippen LogP contribution in [0.4, 0.5) is 5.69 Å². The van der Waals surface area contributed by atoms with Crippen molar-refractivity contribution in [2.24, 2.45) is 0 Å². The van der Waals surface area contributed by atoms with Gasteiger partial charge in [0, 0.05) is 18.7 Å². The first-order valence-corrected chi connectivity index (χ1v) is 14.8. The van der Waals surface area contributed by atoms with Gasteiger partial charge in [-0.2, -0.15) is 0 Å². The summed E-state index contributed by atoms with van der Waals surface area (Å²) in [6.07, 6.45) is 5.40. The fourth-order valence-corrected chi connectivity index (χ4v) is 5.61. The average molecular weight is 546 g/mol. The molecule has 1 N–H and O–H groups in total. The second-order valence-corrected chi connectivity index (χ2v) is 11.6. The Morgan fingerprint density at radius 1 is 1.05 bits per heavy atom. The van der Waals surface area contributed by atoms with Crippen LogP contribution in [0.15, 0.2) is 42.5 Å². The van der Waals surface area contributed by atoms with E-state index in [0.29, 0.717) is 12.2 Å². The van der Waals surface area contributed by atoms with Gasteiger partial charge in [0.05, 0.1) is 26.2 Å². The van der Waals surface area contributed by atoms with Gasteiger partial charge in [-0.1, -0.05) is 49.6 Å². The van der Waals surface area contributed by atoms with E-state index in [1.807, 2.05) is 38.1 Å². The van der Waals surface area contributed by atoms with Crippen molar-refractivity contribution >= 4 is 27.5 Å². The van der Waals surface area contributed by atoms with Crippen molar-refractivity contribution in [3.05, 3.63) is 53.6 Å². The molecule has 10 heteroatoms. The third-order valence-corrected chi connectivity index (χ3v) is 8.02. The van der Waals surface area contributed by atoms with E-state index in [1.54, 1.807) is 12.1 Å². The Bertz CT molecular complexity index is 1210. The highest BCUT2D eigenvalue weighted by Crippen LogP contribution is 2.34. The molecule has 2 aromatic carbocycles.